The lowest BCUT2D eigenvalue weighted by Gasteiger charge is -2.36. The summed E-state index contributed by atoms with van der Waals surface area (Å²) in [5, 5.41) is 3.21. The molecule has 0 unspecified atom stereocenters. The van der Waals surface area contributed by atoms with E-state index in [0.29, 0.717) is 32.1 Å². The minimum atomic E-state index is -4.50. The SMILES string of the molecule is COc1ccccc1N1CCN(c2nc(Nc3ccc(C(C)(C)C)cc3)nc(OCc3ccccc3C(F)(F)F)n2)CC1. The zero-order chi connectivity index (χ0) is 30.6. The Morgan fingerprint density at radius 2 is 1.44 bits per heavy atom. The molecule has 4 aromatic rings. The summed E-state index contributed by atoms with van der Waals surface area (Å²) in [6.45, 7) is 8.68. The highest BCUT2D eigenvalue weighted by molar-refractivity contribution is 5.60. The van der Waals surface area contributed by atoms with Crippen LogP contribution in [-0.2, 0) is 18.2 Å². The molecule has 8 nitrogen and oxygen atoms in total. The fraction of sp³-hybridized carbons (Fsp3) is 0.344. The van der Waals surface area contributed by atoms with Gasteiger partial charge in [0, 0.05) is 37.4 Å². The highest BCUT2D eigenvalue weighted by atomic mass is 19.4. The van der Waals surface area contributed by atoms with E-state index in [1.165, 1.54) is 17.7 Å². The van der Waals surface area contributed by atoms with Gasteiger partial charge in [-0.1, -0.05) is 63.2 Å². The molecule has 43 heavy (non-hydrogen) atoms. The Bertz CT molecular complexity index is 1530. The van der Waals surface area contributed by atoms with Crippen LogP contribution in [0, 0.1) is 0 Å². The Hall–Kier alpha value is -4.54. The molecule has 226 valence electrons. The molecule has 0 amide bonds. The molecule has 3 aromatic carbocycles. The van der Waals surface area contributed by atoms with Crippen LogP contribution >= 0.6 is 0 Å². The van der Waals surface area contributed by atoms with Gasteiger partial charge in [0.15, 0.2) is 0 Å². The minimum Gasteiger partial charge on any atom is -0.495 e. The number of methoxy groups -OCH3 is 1. The maximum Gasteiger partial charge on any atom is 0.416 e. The number of hydrogen-bond acceptors (Lipinski definition) is 8. The van der Waals surface area contributed by atoms with Crippen molar-refractivity contribution in [2.24, 2.45) is 0 Å². The number of benzene rings is 3. The van der Waals surface area contributed by atoms with Crippen LogP contribution in [0.3, 0.4) is 0 Å². The Labute approximate surface area is 249 Å². The predicted molar refractivity (Wildman–Crippen MR) is 161 cm³/mol. The molecular formula is C32H35F3N6O2. The number of nitrogens with one attached hydrogen (secondary N) is 1. The molecule has 0 bridgehead atoms. The standard InChI is InChI=1S/C32H35F3N6O2/c1-31(2,3)23-13-15-24(16-14-23)36-28-37-29(41-19-17-40(18-20-41)26-11-7-8-12-27(26)42-4)39-30(38-28)43-21-22-9-5-6-10-25(22)32(33,34)35/h5-16H,17-21H2,1-4H3,(H,36,37,38,39). The average Bonchev–Trinajstić information content (AvgIpc) is 2.99. The summed E-state index contributed by atoms with van der Waals surface area (Å²) in [5.41, 5.74) is 2.19. The van der Waals surface area contributed by atoms with E-state index in [-0.39, 0.29) is 29.5 Å². The van der Waals surface area contributed by atoms with E-state index in [1.54, 1.807) is 13.2 Å². The van der Waals surface area contributed by atoms with Crippen LogP contribution in [0.15, 0.2) is 72.8 Å². The third-order valence-corrected chi connectivity index (χ3v) is 7.28. The first-order valence-electron chi connectivity index (χ1n) is 14.1. The van der Waals surface area contributed by atoms with Crippen LogP contribution < -0.4 is 24.6 Å². The van der Waals surface area contributed by atoms with Crippen LogP contribution in [0.4, 0.5) is 36.4 Å². The maximum absolute atomic E-state index is 13.6. The van der Waals surface area contributed by atoms with Gasteiger partial charge >= 0.3 is 12.2 Å². The summed E-state index contributed by atoms with van der Waals surface area (Å²) in [7, 11) is 1.65. The lowest BCUT2D eigenvalue weighted by atomic mass is 9.87. The molecule has 5 rings (SSSR count). The molecule has 11 heteroatoms. The number of hydrogen-bond donors (Lipinski definition) is 1. The zero-order valence-electron chi connectivity index (χ0n) is 24.7. The lowest BCUT2D eigenvalue weighted by Crippen LogP contribution is -2.47. The van der Waals surface area contributed by atoms with Crippen molar-refractivity contribution in [2.45, 2.75) is 39.0 Å². The quantitative estimate of drug-likeness (QED) is 0.238. The molecule has 1 N–H and O–H groups in total. The monoisotopic (exact) mass is 592 g/mol. The first kappa shape index (κ1) is 29.9. The van der Waals surface area contributed by atoms with E-state index >= 15 is 0 Å². The molecule has 0 atom stereocenters. The number of rotatable bonds is 8. The van der Waals surface area contributed by atoms with Crippen LogP contribution in [0.25, 0.3) is 0 Å². The van der Waals surface area contributed by atoms with Crippen LogP contribution in [0.5, 0.6) is 11.8 Å². The Balaban J connectivity index is 1.39. The number of piperazine rings is 1. The Morgan fingerprint density at radius 3 is 2.12 bits per heavy atom. The van der Waals surface area contributed by atoms with Gasteiger partial charge in [0.1, 0.15) is 12.4 Å². The van der Waals surface area contributed by atoms with Crippen molar-refractivity contribution in [3.8, 4) is 11.8 Å². The van der Waals surface area contributed by atoms with Crippen molar-refractivity contribution < 1.29 is 22.6 Å². The molecule has 1 saturated heterocycles. The first-order valence-corrected chi connectivity index (χ1v) is 14.1. The molecule has 0 saturated carbocycles. The minimum absolute atomic E-state index is 0.00149. The summed E-state index contributed by atoms with van der Waals surface area (Å²) in [6, 6.07) is 21.1. The summed E-state index contributed by atoms with van der Waals surface area (Å²) >= 11 is 0. The van der Waals surface area contributed by atoms with Gasteiger partial charge in [-0.05, 0) is 41.3 Å². The number of nitrogens with zero attached hydrogens (tertiary/aromatic N) is 5. The smallest absolute Gasteiger partial charge is 0.416 e. The highest BCUT2D eigenvalue weighted by Crippen LogP contribution is 2.33. The molecule has 1 aromatic heterocycles. The van der Waals surface area contributed by atoms with Gasteiger partial charge in [-0.2, -0.15) is 28.1 Å². The van der Waals surface area contributed by atoms with Crippen molar-refractivity contribution in [2.75, 3.05) is 48.4 Å². The molecule has 1 aliphatic rings. The van der Waals surface area contributed by atoms with Gasteiger partial charge in [-0.15, -0.1) is 0 Å². The molecule has 1 aliphatic heterocycles. The molecule has 1 fully saturated rings. The number of alkyl halides is 3. The largest absolute Gasteiger partial charge is 0.495 e. The molecule has 2 heterocycles. The van der Waals surface area contributed by atoms with Gasteiger partial charge < -0.3 is 24.6 Å². The third-order valence-electron chi connectivity index (χ3n) is 7.28. The van der Waals surface area contributed by atoms with Crippen molar-refractivity contribution in [3.63, 3.8) is 0 Å². The number of anilines is 4. The van der Waals surface area contributed by atoms with E-state index in [2.05, 4.69) is 45.9 Å². The van der Waals surface area contributed by atoms with Gasteiger partial charge in [-0.25, -0.2) is 0 Å². The maximum atomic E-state index is 13.6. The van der Waals surface area contributed by atoms with E-state index in [0.717, 1.165) is 23.2 Å². The van der Waals surface area contributed by atoms with Gasteiger partial charge in [0.25, 0.3) is 0 Å². The van der Waals surface area contributed by atoms with Gasteiger partial charge in [0.2, 0.25) is 11.9 Å². The molecular weight excluding hydrogens is 557 g/mol. The van der Waals surface area contributed by atoms with E-state index < -0.39 is 11.7 Å². The van der Waals surface area contributed by atoms with E-state index in [4.69, 9.17) is 9.47 Å². The topological polar surface area (TPSA) is 75.6 Å². The summed E-state index contributed by atoms with van der Waals surface area (Å²) in [6.07, 6.45) is -4.50. The highest BCUT2D eigenvalue weighted by Gasteiger charge is 2.33. The lowest BCUT2D eigenvalue weighted by molar-refractivity contribution is -0.138. The Kier molecular flexibility index (Phi) is 8.61. The number of ether oxygens (including phenoxy) is 2. The summed E-state index contributed by atoms with van der Waals surface area (Å²) in [4.78, 5) is 17.8. The number of halogens is 3. The fourth-order valence-corrected chi connectivity index (χ4v) is 4.89. The Morgan fingerprint density at radius 1 is 0.791 bits per heavy atom. The van der Waals surface area contributed by atoms with E-state index in [1.807, 2.05) is 53.4 Å². The third kappa shape index (κ3) is 7.28. The number of para-hydroxylation sites is 2. The average molecular weight is 593 g/mol. The second-order valence-electron chi connectivity index (χ2n) is 11.3. The van der Waals surface area contributed by atoms with Crippen molar-refractivity contribution >= 4 is 23.3 Å². The van der Waals surface area contributed by atoms with Gasteiger partial charge in [-0.3, -0.25) is 0 Å². The molecule has 0 spiro atoms. The van der Waals surface area contributed by atoms with Crippen molar-refractivity contribution in [1.82, 2.24) is 15.0 Å². The van der Waals surface area contributed by atoms with Crippen LogP contribution in [0.1, 0.15) is 37.5 Å². The van der Waals surface area contributed by atoms with Crippen LogP contribution in [-0.4, -0.2) is 48.2 Å². The fourth-order valence-electron chi connectivity index (χ4n) is 4.89. The van der Waals surface area contributed by atoms with Crippen molar-refractivity contribution in [1.29, 1.82) is 0 Å². The second-order valence-corrected chi connectivity index (χ2v) is 11.3. The molecule has 0 aliphatic carbocycles. The molecule has 0 radical (unpaired) electrons. The van der Waals surface area contributed by atoms with Crippen LogP contribution in [0.2, 0.25) is 0 Å². The number of aromatic nitrogens is 3. The summed E-state index contributed by atoms with van der Waals surface area (Å²) in [5.74, 6) is 1.41. The zero-order valence-corrected chi connectivity index (χ0v) is 24.7. The van der Waals surface area contributed by atoms with Crippen molar-refractivity contribution in [3.05, 3.63) is 89.5 Å². The summed E-state index contributed by atoms with van der Waals surface area (Å²) < 4.78 is 52.0. The van der Waals surface area contributed by atoms with E-state index in [9.17, 15) is 13.2 Å². The predicted octanol–water partition coefficient (Wildman–Crippen LogP) is 6.85. The second kappa shape index (κ2) is 12.4. The normalized spacial score (nSPS) is 14.0. The van der Waals surface area contributed by atoms with Gasteiger partial charge in [0.05, 0.1) is 18.4 Å². The first-order chi connectivity index (χ1) is 20.5.